The minimum atomic E-state index is -0.0977. The van der Waals surface area contributed by atoms with Crippen LogP contribution in [0.15, 0.2) is 30.3 Å². The minimum absolute atomic E-state index is 0.0140. The minimum Gasteiger partial charge on any atom is -0.475 e. The predicted molar refractivity (Wildman–Crippen MR) is 115 cm³/mol. The van der Waals surface area contributed by atoms with Crippen molar-refractivity contribution < 1.29 is 19.0 Å². The topological polar surface area (TPSA) is 94.7 Å². The van der Waals surface area contributed by atoms with E-state index in [0.29, 0.717) is 30.3 Å². The van der Waals surface area contributed by atoms with Crippen LogP contribution < -0.4 is 20.1 Å². The molecule has 0 amide bonds. The van der Waals surface area contributed by atoms with Gasteiger partial charge in [-0.25, -0.2) is 0 Å². The maximum Gasteiger partial charge on any atom is 0.317 e. The fourth-order valence-electron chi connectivity index (χ4n) is 3.24. The molecule has 0 aliphatic carbocycles. The number of rotatable bonds is 9. The molecule has 8 nitrogen and oxygen atoms in total. The van der Waals surface area contributed by atoms with Crippen LogP contribution in [-0.2, 0) is 23.3 Å². The molecule has 0 bridgehead atoms. The van der Waals surface area contributed by atoms with E-state index in [1.165, 1.54) is 9.20 Å². The number of ether oxygens (including phenoxy) is 2. The lowest BCUT2D eigenvalue weighted by atomic mass is 9.84. The van der Waals surface area contributed by atoms with Crippen molar-refractivity contribution in [2.24, 2.45) is 0 Å². The van der Waals surface area contributed by atoms with Crippen molar-refractivity contribution in [3.05, 3.63) is 52.6 Å². The van der Waals surface area contributed by atoms with Gasteiger partial charge in [0.05, 0.1) is 13.2 Å². The normalized spacial score (nSPS) is 11.8. The smallest absolute Gasteiger partial charge is 0.317 e. The molecule has 2 heterocycles. The molecule has 0 fully saturated rings. The van der Waals surface area contributed by atoms with E-state index in [9.17, 15) is 4.79 Å². The molecule has 2 aromatic heterocycles. The molecule has 166 valence electrons. The molecule has 0 aliphatic rings. The third-order valence-electron chi connectivity index (χ3n) is 5.00. The van der Waals surface area contributed by atoms with E-state index >= 15 is 0 Å². The largest absolute Gasteiger partial charge is 0.475 e. The molecule has 31 heavy (non-hydrogen) atoms. The summed E-state index contributed by atoms with van der Waals surface area (Å²) in [4.78, 5) is 13.1. The van der Waals surface area contributed by atoms with Crippen LogP contribution in [0.1, 0.15) is 62.0 Å². The highest BCUT2D eigenvalue weighted by Crippen LogP contribution is 2.25. The summed E-state index contributed by atoms with van der Waals surface area (Å²) in [6, 6.07) is 9.38. The van der Waals surface area contributed by atoms with Gasteiger partial charge >= 0.3 is 5.65 Å². The Hall–Kier alpha value is -3.00. The van der Waals surface area contributed by atoms with Crippen molar-refractivity contribution in [1.82, 2.24) is 14.7 Å². The van der Waals surface area contributed by atoms with Gasteiger partial charge in [-0.05, 0) is 40.2 Å². The molecule has 8 heteroatoms. The fraction of sp³-hybridized carbons (Fsp3) is 0.478. The summed E-state index contributed by atoms with van der Waals surface area (Å²) >= 11 is 0. The molecule has 0 aliphatic heterocycles. The molecule has 0 spiro atoms. The third-order valence-corrected chi connectivity index (χ3v) is 5.00. The lowest BCUT2D eigenvalue weighted by Gasteiger charge is -2.21. The Bertz CT molecular complexity index is 1120. The number of unbranched alkanes of at least 4 members (excludes halogenated alkanes) is 1. The first-order chi connectivity index (χ1) is 14.7. The van der Waals surface area contributed by atoms with E-state index in [2.05, 4.69) is 44.0 Å². The Morgan fingerprint density at radius 3 is 2.71 bits per heavy atom. The molecule has 0 atom stereocenters. The average molecular weight is 426 g/mol. The summed E-state index contributed by atoms with van der Waals surface area (Å²) < 4.78 is 13.8. The number of benzene rings is 1. The standard InChI is InChI=1S/C23H31N5O3/c1-6-7-10-31-20-8-9-21-27(26-22(24)28(21)25-20)14-19(29)17-11-16(15-30-5)12-18(13-17)23(2,3)4/h8-9,11-13,24H,6-7,10,14-15H2,1-5H3. The van der Waals surface area contributed by atoms with E-state index in [1.807, 2.05) is 12.1 Å². The van der Waals surface area contributed by atoms with Crippen molar-refractivity contribution in [1.29, 1.82) is 5.41 Å². The van der Waals surface area contributed by atoms with Crippen LogP contribution >= 0.6 is 0 Å². The van der Waals surface area contributed by atoms with E-state index < -0.39 is 0 Å². The fourth-order valence-corrected chi connectivity index (χ4v) is 3.24. The quantitative estimate of drug-likeness (QED) is 0.323. The van der Waals surface area contributed by atoms with Crippen LogP contribution in [0.2, 0.25) is 0 Å². The summed E-state index contributed by atoms with van der Waals surface area (Å²) in [6.45, 7) is 9.46. The third kappa shape index (κ3) is 5.38. The lowest BCUT2D eigenvalue weighted by Crippen LogP contribution is -2.43. The number of hydrogen-bond donors (Lipinski definition) is 1. The van der Waals surface area contributed by atoms with Crippen molar-refractivity contribution in [2.45, 2.75) is 59.1 Å². The second kappa shape index (κ2) is 9.43. The van der Waals surface area contributed by atoms with Crippen molar-refractivity contribution in [3.8, 4) is 5.88 Å². The summed E-state index contributed by atoms with van der Waals surface area (Å²) in [5.74, 6) is 0.351. The molecule has 0 unspecified atom stereocenters. The highest BCUT2D eigenvalue weighted by molar-refractivity contribution is 5.95. The van der Waals surface area contributed by atoms with Crippen molar-refractivity contribution >= 4 is 11.4 Å². The Kier molecular flexibility index (Phi) is 6.90. The highest BCUT2D eigenvalue weighted by Gasteiger charge is 2.21. The number of carbonyl (C=O) groups is 1. The van der Waals surface area contributed by atoms with Gasteiger partial charge in [0, 0.05) is 24.8 Å². The van der Waals surface area contributed by atoms with Gasteiger partial charge < -0.3 is 14.9 Å². The van der Waals surface area contributed by atoms with Gasteiger partial charge in [-0.15, -0.1) is 0 Å². The first kappa shape index (κ1) is 22.7. The molecule has 1 aromatic carbocycles. The van der Waals surface area contributed by atoms with Crippen LogP contribution in [-0.4, -0.2) is 29.1 Å². The molecule has 3 rings (SSSR count). The average Bonchev–Trinajstić information content (AvgIpc) is 3.02. The zero-order chi connectivity index (χ0) is 22.6. The van der Waals surface area contributed by atoms with Crippen LogP contribution in [0.3, 0.4) is 0 Å². The van der Waals surface area contributed by atoms with Gasteiger partial charge in [0.1, 0.15) is 0 Å². The van der Waals surface area contributed by atoms with Gasteiger partial charge in [-0.2, -0.15) is 9.78 Å². The number of methoxy groups -OCH3 is 1. The van der Waals surface area contributed by atoms with Gasteiger partial charge in [0.25, 0.3) is 5.88 Å². The summed E-state index contributed by atoms with van der Waals surface area (Å²) in [7, 11) is 1.64. The van der Waals surface area contributed by atoms with Gasteiger partial charge in [0.15, 0.2) is 6.54 Å². The first-order valence-electron chi connectivity index (χ1n) is 10.5. The number of nitrogens with zero attached hydrogens (tertiary/aromatic N) is 4. The van der Waals surface area contributed by atoms with Crippen LogP contribution in [0.25, 0.3) is 5.65 Å². The first-order valence-corrected chi connectivity index (χ1v) is 10.5. The highest BCUT2D eigenvalue weighted by atomic mass is 16.5. The zero-order valence-corrected chi connectivity index (χ0v) is 18.9. The maximum atomic E-state index is 13.1. The predicted octanol–water partition coefficient (Wildman–Crippen LogP) is 2.56. The molecule has 0 radical (unpaired) electrons. The Labute approximate surface area is 182 Å². The molecule has 0 saturated heterocycles. The number of Topliss-reactive ketones (excluding diaryl/α,β-unsaturated/α-hetero) is 1. The van der Waals surface area contributed by atoms with Crippen LogP contribution in [0, 0.1) is 5.41 Å². The lowest BCUT2D eigenvalue weighted by molar-refractivity contribution is -0.721. The second-order valence-electron chi connectivity index (χ2n) is 8.65. The van der Waals surface area contributed by atoms with Crippen molar-refractivity contribution in [2.75, 3.05) is 13.7 Å². The monoisotopic (exact) mass is 425 g/mol. The van der Waals surface area contributed by atoms with E-state index in [-0.39, 0.29) is 23.4 Å². The Balaban J connectivity index is 1.89. The molecular weight excluding hydrogens is 394 g/mol. The Morgan fingerprint density at radius 1 is 1.26 bits per heavy atom. The van der Waals surface area contributed by atoms with Crippen molar-refractivity contribution in [3.63, 3.8) is 0 Å². The summed E-state index contributed by atoms with van der Waals surface area (Å²) in [5, 5.41) is 16.7. The van der Waals surface area contributed by atoms with Gasteiger partial charge in [0.2, 0.25) is 11.4 Å². The van der Waals surface area contributed by atoms with Gasteiger partial charge in [-0.1, -0.05) is 44.7 Å². The van der Waals surface area contributed by atoms with Crippen LogP contribution in [0.4, 0.5) is 0 Å². The number of fused-ring (bicyclic) bond motifs is 1. The molecule has 1 N–H and O–H groups in total. The number of nitrogens with one attached hydrogen (secondary N) is 1. The van der Waals surface area contributed by atoms with E-state index in [0.717, 1.165) is 24.0 Å². The SMILES string of the molecule is CCCCOc1ccc2n(n1)c(=N)[n-][n+]2CC(=O)c1cc(COC)cc(C(C)(C)C)c1. The zero-order valence-electron chi connectivity index (χ0n) is 18.9. The molecule has 0 saturated carbocycles. The van der Waals surface area contributed by atoms with Crippen LogP contribution in [0.5, 0.6) is 5.88 Å². The number of carbonyl (C=O) groups excluding carboxylic acids is 1. The second-order valence-corrected chi connectivity index (χ2v) is 8.65. The van der Waals surface area contributed by atoms with Gasteiger partial charge in [-0.3, -0.25) is 4.79 Å². The number of ketones is 1. The summed E-state index contributed by atoms with van der Waals surface area (Å²) in [5.41, 5.74) is 3.04. The molecular formula is C23H31N5O3. The molecule has 3 aromatic rings. The number of hydrogen-bond acceptors (Lipinski definition) is 5. The Morgan fingerprint density at radius 2 is 2.03 bits per heavy atom. The summed E-state index contributed by atoms with van der Waals surface area (Å²) in [6.07, 6.45) is 1.96. The number of aromatic nitrogens is 4. The van der Waals surface area contributed by atoms with E-state index in [1.54, 1.807) is 19.2 Å². The van der Waals surface area contributed by atoms with E-state index in [4.69, 9.17) is 14.9 Å². The maximum absolute atomic E-state index is 13.1.